The van der Waals surface area contributed by atoms with Crippen molar-refractivity contribution >= 4 is 28.9 Å². The highest BCUT2D eigenvalue weighted by Crippen LogP contribution is 2.12. The zero-order valence-electron chi connectivity index (χ0n) is 10.5. The molecule has 0 saturated carbocycles. The Labute approximate surface area is 111 Å². The number of nitrogens with zero attached hydrogens (tertiary/aromatic N) is 1. The van der Waals surface area contributed by atoms with Crippen LogP contribution in [0.2, 0.25) is 0 Å². The molecule has 4 nitrogen and oxygen atoms in total. The highest BCUT2D eigenvalue weighted by atomic mass is 32.2. The number of carbonyl (C=O) groups excluding carboxylic acids is 2. The second kappa shape index (κ2) is 7.66. The van der Waals surface area contributed by atoms with Crippen molar-refractivity contribution in [3.63, 3.8) is 0 Å². The summed E-state index contributed by atoms with van der Waals surface area (Å²) in [5.41, 5.74) is 1.42. The maximum absolute atomic E-state index is 11.7. The molecule has 0 spiro atoms. The smallest absolute Gasteiger partial charge is 0.216 e. The van der Waals surface area contributed by atoms with Crippen LogP contribution in [0.1, 0.15) is 19.5 Å². The minimum atomic E-state index is -0.0798. The van der Waals surface area contributed by atoms with Gasteiger partial charge in [-0.25, -0.2) is 0 Å². The lowest BCUT2D eigenvalue weighted by molar-refractivity contribution is -0.118. The van der Waals surface area contributed by atoms with Gasteiger partial charge in [0.05, 0.1) is 5.69 Å². The van der Waals surface area contributed by atoms with Crippen molar-refractivity contribution in [3.8, 4) is 0 Å². The minimum Gasteiger partial charge on any atom is -0.356 e. The Morgan fingerprint density at radius 1 is 1.39 bits per heavy atom. The number of aromatic nitrogens is 1. The molecule has 0 atom stereocenters. The van der Waals surface area contributed by atoms with Gasteiger partial charge >= 0.3 is 0 Å². The zero-order valence-corrected chi connectivity index (χ0v) is 11.3. The number of nitrogens with one attached hydrogen (secondary N) is 1. The fourth-order valence-corrected chi connectivity index (χ4v) is 1.90. The molecule has 0 unspecified atom stereocenters. The maximum Gasteiger partial charge on any atom is 0.216 e. The van der Waals surface area contributed by atoms with Crippen molar-refractivity contribution in [2.24, 2.45) is 0 Å². The Morgan fingerprint density at radius 2 is 2.17 bits per heavy atom. The lowest BCUT2D eigenvalue weighted by atomic mass is 10.2. The van der Waals surface area contributed by atoms with Gasteiger partial charge in [-0.2, -0.15) is 0 Å². The highest BCUT2D eigenvalue weighted by molar-refractivity contribution is 8.14. The van der Waals surface area contributed by atoms with Gasteiger partial charge < -0.3 is 5.32 Å². The highest BCUT2D eigenvalue weighted by Gasteiger charge is 2.05. The van der Waals surface area contributed by atoms with Gasteiger partial charge in [0.1, 0.15) is 0 Å². The molecule has 1 heterocycles. The number of pyridine rings is 1. The van der Waals surface area contributed by atoms with Gasteiger partial charge in [0.25, 0.3) is 0 Å². The quantitative estimate of drug-likeness (QED) is 0.651. The molecular weight excluding hydrogens is 248 g/mol. The largest absolute Gasteiger partial charge is 0.356 e. The van der Waals surface area contributed by atoms with Crippen LogP contribution >= 0.6 is 11.8 Å². The summed E-state index contributed by atoms with van der Waals surface area (Å²) in [5, 5.41) is 2.65. The van der Waals surface area contributed by atoms with E-state index in [-0.39, 0.29) is 11.0 Å². The summed E-state index contributed by atoms with van der Waals surface area (Å²) < 4.78 is 0. The van der Waals surface area contributed by atoms with E-state index in [1.807, 2.05) is 18.2 Å². The predicted molar refractivity (Wildman–Crippen MR) is 74.0 cm³/mol. The number of carbonyl (C=O) groups is 2. The third-order valence-corrected chi connectivity index (χ3v) is 3.08. The molecule has 96 valence electrons. The van der Waals surface area contributed by atoms with Crippen LogP contribution in [-0.4, -0.2) is 28.3 Å². The first-order chi connectivity index (χ1) is 8.59. The van der Waals surface area contributed by atoms with Crippen molar-refractivity contribution in [2.45, 2.75) is 13.8 Å². The number of hydrogen-bond donors (Lipinski definition) is 1. The van der Waals surface area contributed by atoms with E-state index < -0.39 is 0 Å². The van der Waals surface area contributed by atoms with Gasteiger partial charge in [-0.05, 0) is 25.1 Å². The van der Waals surface area contributed by atoms with E-state index in [0.717, 1.165) is 5.69 Å². The molecule has 1 aromatic rings. The third-order valence-electron chi connectivity index (χ3n) is 2.08. The molecule has 1 N–H and O–H groups in total. The topological polar surface area (TPSA) is 59.1 Å². The average Bonchev–Trinajstić information content (AvgIpc) is 2.35. The van der Waals surface area contributed by atoms with Crippen molar-refractivity contribution in [2.75, 3.05) is 12.3 Å². The van der Waals surface area contributed by atoms with Crippen LogP contribution in [0.15, 0.2) is 30.0 Å². The second-order valence-electron chi connectivity index (χ2n) is 3.70. The van der Waals surface area contributed by atoms with Crippen LogP contribution in [-0.2, 0) is 9.59 Å². The van der Waals surface area contributed by atoms with Crippen LogP contribution in [0.5, 0.6) is 0 Å². The molecule has 0 aliphatic heterocycles. The first kappa shape index (κ1) is 14.4. The Hall–Kier alpha value is -1.62. The van der Waals surface area contributed by atoms with Gasteiger partial charge in [0, 0.05) is 31.0 Å². The predicted octanol–water partition coefficient (Wildman–Crippen LogP) is 1.88. The third kappa shape index (κ3) is 5.63. The van der Waals surface area contributed by atoms with E-state index in [2.05, 4.69) is 10.3 Å². The minimum absolute atomic E-state index is 0.00556. The summed E-state index contributed by atoms with van der Waals surface area (Å²) >= 11 is 1.20. The van der Waals surface area contributed by atoms with Gasteiger partial charge in [-0.1, -0.05) is 17.8 Å². The SMILES string of the molecule is CC(=O)NCCSC(=O)/C(C)=C/c1ccccn1. The summed E-state index contributed by atoms with van der Waals surface area (Å²) in [6.45, 7) is 3.73. The second-order valence-corrected chi connectivity index (χ2v) is 4.77. The lowest BCUT2D eigenvalue weighted by Crippen LogP contribution is -2.22. The molecule has 1 rings (SSSR count). The summed E-state index contributed by atoms with van der Waals surface area (Å²) in [4.78, 5) is 26.5. The van der Waals surface area contributed by atoms with E-state index in [1.165, 1.54) is 18.7 Å². The van der Waals surface area contributed by atoms with E-state index >= 15 is 0 Å². The molecule has 0 saturated heterocycles. The monoisotopic (exact) mass is 264 g/mol. The van der Waals surface area contributed by atoms with Crippen molar-refractivity contribution in [1.82, 2.24) is 10.3 Å². The Bertz CT molecular complexity index is 444. The number of amides is 1. The lowest BCUT2D eigenvalue weighted by Gasteiger charge is -2.02. The van der Waals surface area contributed by atoms with Gasteiger partial charge in [-0.3, -0.25) is 14.6 Å². The number of hydrogen-bond acceptors (Lipinski definition) is 4. The van der Waals surface area contributed by atoms with Gasteiger partial charge in [0.2, 0.25) is 11.0 Å². The molecular formula is C13H16N2O2S. The molecule has 5 heteroatoms. The number of thioether (sulfide) groups is 1. The summed E-state index contributed by atoms with van der Waals surface area (Å²) in [5.74, 6) is 0.495. The van der Waals surface area contributed by atoms with Crippen LogP contribution in [0, 0.1) is 0 Å². The fraction of sp³-hybridized carbons (Fsp3) is 0.308. The molecule has 0 fully saturated rings. The zero-order chi connectivity index (χ0) is 13.4. The van der Waals surface area contributed by atoms with Crippen molar-refractivity contribution < 1.29 is 9.59 Å². The summed E-state index contributed by atoms with van der Waals surface area (Å²) in [7, 11) is 0. The molecule has 18 heavy (non-hydrogen) atoms. The first-order valence-corrected chi connectivity index (χ1v) is 6.59. The van der Waals surface area contributed by atoms with Crippen LogP contribution in [0.25, 0.3) is 6.08 Å². The molecule has 0 aliphatic carbocycles. The van der Waals surface area contributed by atoms with E-state index in [4.69, 9.17) is 0 Å². The molecule has 1 aromatic heterocycles. The Kier molecular flexibility index (Phi) is 6.14. The normalized spacial score (nSPS) is 11.1. The summed E-state index contributed by atoms with van der Waals surface area (Å²) in [6.07, 6.45) is 3.45. The maximum atomic E-state index is 11.7. The summed E-state index contributed by atoms with van der Waals surface area (Å²) in [6, 6.07) is 5.55. The van der Waals surface area contributed by atoms with Crippen LogP contribution in [0.3, 0.4) is 0 Å². The Balaban J connectivity index is 2.42. The molecule has 1 amide bonds. The Morgan fingerprint density at radius 3 is 2.78 bits per heavy atom. The van der Waals surface area contributed by atoms with Crippen molar-refractivity contribution in [3.05, 3.63) is 35.7 Å². The van der Waals surface area contributed by atoms with Crippen LogP contribution < -0.4 is 5.32 Å². The molecule has 0 radical (unpaired) electrons. The fourth-order valence-electron chi connectivity index (χ4n) is 1.23. The van der Waals surface area contributed by atoms with E-state index in [1.54, 1.807) is 19.2 Å². The molecule has 0 aliphatic rings. The standard InChI is InChI=1S/C13H16N2O2S/c1-10(9-12-5-3-4-6-15-12)13(17)18-8-7-14-11(2)16/h3-6,9H,7-8H2,1-2H3,(H,14,16)/b10-9+. The average molecular weight is 264 g/mol. The van der Waals surface area contributed by atoms with E-state index in [9.17, 15) is 9.59 Å². The van der Waals surface area contributed by atoms with E-state index in [0.29, 0.717) is 17.9 Å². The molecule has 0 aromatic carbocycles. The molecule has 0 bridgehead atoms. The number of rotatable bonds is 5. The van der Waals surface area contributed by atoms with Crippen molar-refractivity contribution in [1.29, 1.82) is 0 Å². The van der Waals surface area contributed by atoms with Gasteiger partial charge in [-0.15, -0.1) is 0 Å². The van der Waals surface area contributed by atoms with Gasteiger partial charge in [0.15, 0.2) is 0 Å². The first-order valence-electron chi connectivity index (χ1n) is 5.60. The van der Waals surface area contributed by atoms with Crippen LogP contribution in [0.4, 0.5) is 0 Å².